The van der Waals surface area contributed by atoms with E-state index in [9.17, 15) is 0 Å². The van der Waals surface area contributed by atoms with Gasteiger partial charge in [0.25, 0.3) is 0 Å². The summed E-state index contributed by atoms with van der Waals surface area (Å²) in [6, 6.07) is 35.2. The normalized spacial score (nSPS) is 12.2. The van der Waals surface area contributed by atoms with Crippen LogP contribution in [-0.2, 0) is 6.61 Å². The third-order valence-corrected chi connectivity index (χ3v) is 5.32. The molecule has 1 aliphatic rings. The molecule has 1 heterocycles. The second kappa shape index (κ2) is 8.34. The van der Waals surface area contributed by atoms with Gasteiger partial charge in [0.05, 0.1) is 0 Å². The maximum atomic E-state index is 6.34. The van der Waals surface area contributed by atoms with Gasteiger partial charge in [-0.1, -0.05) is 91.0 Å². The summed E-state index contributed by atoms with van der Waals surface area (Å²) in [7, 11) is 0. The summed E-state index contributed by atoms with van der Waals surface area (Å²) in [5.41, 5.74) is 4.59. The smallest absolute Gasteiger partial charge is 0.231 e. The Morgan fingerprint density at radius 1 is 0.667 bits per heavy atom. The van der Waals surface area contributed by atoms with Crippen molar-refractivity contribution in [3.8, 4) is 17.2 Å². The highest BCUT2D eigenvalue weighted by Crippen LogP contribution is 2.45. The molecule has 0 spiro atoms. The first-order chi connectivity index (χ1) is 14.9. The fourth-order valence-corrected chi connectivity index (χ4v) is 3.87. The van der Waals surface area contributed by atoms with Crippen molar-refractivity contribution in [2.24, 2.45) is 0 Å². The fraction of sp³-hybridized carbons (Fsp3) is 0.111. The predicted molar refractivity (Wildman–Crippen MR) is 117 cm³/mol. The monoisotopic (exact) mass is 394 g/mol. The van der Waals surface area contributed by atoms with Crippen LogP contribution in [0.3, 0.4) is 0 Å². The SMILES string of the molecule is c1ccc(COc2cc3c(cc2C(c2ccccc2)c2ccccc2)OCO3)cc1. The molecule has 0 saturated carbocycles. The van der Waals surface area contributed by atoms with E-state index in [2.05, 4.69) is 66.7 Å². The van der Waals surface area contributed by atoms with Gasteiger partial charge >= 0.3 is 0 Å². The molecule has 148 valence electrons. The molecule has 0 amide bonds. The third kappa shape index (κ3) is 3.74. The quantitative estimate of drug-likeness (QED) is 0.366. The largest absolute Gasteiger partial charge is 0.488 e. The second-order valence-corrected chi connectivity index (χ2v) is 7.27. The van der Waals surface area contributed by atoms with Crippen LogP contribution in [0.25, 0.3) is 0 Å². The molecule has 5 rings (SSSR count). The van der Waals surface area contributed by atoms with Crippen molar-refractivity contribution < 1.29 is 14.2 Å². The Balaban J connectivity index is 1.61. The van der Waals surface area contributed by atoms with Gasteiger partial charge < -0.3 is 14.2 Å². The predicted octanol–water partition coefficient (Wildman–Crippen LogP) is 6.17. The van der Waals surface area contributed by atoms with Gasteiger partial charge in [0.15, 0.2) is 11.5 Å². The van der Waals surface area contributed by atoms with Crippen molar-refractivity contribution in [3.63, 3.8) is 0 Å². The lowest BCUT2D eigenvalue weighted by molar-refractivity contribution is 0.173. The van der Waals surface area contributed by atoms with Crippen LogP contribution in [0, 0.1) is 0 Å². The van der Waals surface area contributed by atoms with E-state index in [1.807, 2.05) is 36.4 Å². The molecule has 0 N–H and O–H groups in total. The Kier molecular flexibility index (Phi) is 5.09. The summed E-state index contributed by atoms with van der Waals surface area (Å²) in [5.74, 6) is 2.31. The lowest BCUT2D eigenvalue weighted by Crippen LogP contribution is -2.07. The van der Waals surface area contributed by atoms with Crippen LogP contribution in [0.4, 0.5) is 0 Å². The second-order valence-electron chi connectivity index (χ2n) is 7.27. The Labute approximate surface area is 176 Å². The molecule has 0 unspecified atom stereocenters. The average Bonchev–Trinajstić information content (AvgIpc) is 3.27. The minimum Gasteiger partial charge on any atom is -0.488 e. The summed E-state index contributed by atoms with van der Waals surface area (Å²) in [4.78, 5) is 0. The molecule has 3 nitrogen and oxygen atoms in total. The molecule has 30 heavy (non-hydrogen) atoms. The van der Waals surface area contributed by atoms with Crippen LogP contribution in [-0.4, -0.2) is 6.79 Å². The molecule has 0 radical (unpaired) electrons. The third-order valence-electron chi connectivity index (χ3n) is 5.32. The Hall–Kier alpha value is -3.72. The first kappa shape index (κ1) is 18.3. The van der Waals surface area contributed by atoms with Crippen molar-refractivity contribution in [2.75, 3.05) is 6.79 Å². The lowest BCUT2D eigenvalue weighted by atomic mass is 9.84. The summed E-state index contributed by atoms with van der Waals surface area (Å²) >= 11 is 0. The molecule has 0 aliphatic carbocycles. The molecular formula is C27H22O3. The van der Waals surface area contributed by atoms with E-state index in [0.29, 0.717) is 6.61 Å². The lowest BCUT2D eigenvalue weighted by Gasteiger charge is -2.22. The Morgan fingerprint density at radius 3 is 1.80 bits per heavy atom. The van der Waals surface area contributed by atoms with Crippen LogP contribution >= 0.6 is 0 Å². The molecule has 4 aromatic carbocycles. The van der Waals surface area contributed by atoms with Gasteiger partial charge in [-0.05, 0) is 22.8 Å². The molecule has 0 saturated heterocycles. The standard InChI is InChI=1S/C27H22O3/c1-4-10-20(11-5-1)18-28-24-17-26-25(29-19-30-26)16-23(24)27(21-12-6-2-7-13-21)22-14-8-3-9-15-22/h1-17,27H,18-19H2. The highest BCUT2D eigenvalue weighted by Gasteiger charge is 2.25. The average molecular weight is 394 g/mol. The summed E-state index contributed by atoms with van der Waals surface area (Å²) < 4.78 is 17.7. The Bertz CT molecular complexity index is 1070. The van der Waals surface area contributed by atoms with Crippen LogP contribution in [0.5, 0.6) is 17.2 Å². The number of rotatable bonds is 6. The van der Waals surface area contributed by atoms with Crippen molar-refractivity contribution in [1.82, 2.24) is 0 Å². The van der Waals surface area contributed by atoms with Gasteiger partial charge in [-0.15, -0.1) is 0 Å². The first-order valence-corrected chi connectivity index (χ1v) is 10.1. The fourth-order valence-electron chi connectivity index (χ4n) is 3.87. The Morgan fingerprint density at radius 2 is 1.20 bits per heavy atom. The van der Waals surface area contributed by atoms with Gasteiger partial charge in [0, 0.05) is 17.5 Å². The molecule has 3 heteroatoms. The molecule has 1 aliphatic heterocycles. The highest BCUT2D eigenvalue weighted by molar-refractivity contribution is 5.57. The molecule has 0 bridgehead atoms. The number of ether oxygens (including phenoxy) is 3. The number of hydrogen-bond donors (Lipinski definition) is 0. The summed E-state index contributed by atoms with van der Waals surface area (Å²) in [5, 5.41) is 0. The van der Waals surface area contributed by atoms with E-state index in [4.69, 9.17) is 14.2 Å². The van der Waals surface area contributed by atoms with Crippen LogP contribution in [0.2, 0.25) is 0 Å². The van der Waals surface area contributed by atoms with Crippen molar-refractivity contribution in [2.45, 2.75) is 12.5 Å². The maximum Gasteiger partial charge on any atom is 0.231 e. The first-order valence-electron chi connectivity index (χ1n) is 10.1. The van der Waals surface area contributed by atoms with Crippen LogP contribution in [0.15, 0.2) is 103 Å². The van der Waals surface area contributed by atoms with Gasteiger partial charge in [-0.25, -0.2) is 0 Å². The van der Waals surface area contributed by atoms with E-state index >= 15 is 0 Å². The molecule has 0 aromatic heterocycles. The minimum atomic E-state index is 0.0210. The molecule has 0 atom stereocenters. The summed E-state index contributed by atoms with van der Waals surface area (Å²) in [6.07, 6.45) is 0. The zero-order chi connectivity index (χ0) is 20.2. The van der Waals surface area contributed by atoms with Crippen LogP contribution in [0.1, 0.15) is 28.2 Å². The summed E-state index contributed by atoms with van der Waals surface area (Å²) in [6.45, 7) is 0.724. The zero-order valence-corrected chi connectivity index (χ0v) is 16.5. The molecule has 4 aromatic rings. The van der Waals surface area contributed by atoms with E-state index in [1.165, 1.54) is 11.1 Å². The minimum absolute atomic E-state index is 0.0210. The maximum absolute atomic E-state index is 6.34. The van der Waals surface area contributed by atoms with E-state index in [1.54, 1.807) is 0 Å². The van der Waals surface area contributed by atoms with Gasteiger partial charge in [0.2, 0.25) is 6.79 Å². The topological polar surface area (TPSA) is 27.7 Å². The van der Waals surface area contributed by atoms with Gasteiger partial charge in [-0.2, -0.15) is 0 Å². The van der Waals surface area contributed by atoms with Gasteiger partial charge in [-0.3, -0.25) is 0 Å². The van der Waals surface area contributed by atoms with Crippen molar-refractivity contribution in [3.05, 3.63) is 125 Å². The van der Waals surface area contributed by atoms with Crippen molar-refractivity contribution >= 4 is 0 Å². The molecule has 0 fully saturated rings. The number of benzene rings is 4. The van der Waals surface area contributed by atoms with E-state index in [-0.39, 0.29) is 12.7 Å². The number of hydrogen-bond acceptors (Lipinski definition) is 3. The van der Waals surface area contributed by atoms with Gasteiger partial charge in [0.1, 0.15) is 12.4 Å². The number of fused-ring (bicyclic) bond motifs is 1. The zero-order valence-electron chi connectivity index (χ0n) is 16.5. The highest BCUT2D eigenvalue weighted by atomic mass is 16.7. The molecular weight excluding hydrogens is 372 g/mol. The van der Waals surface area contributed by atoms with E-state index in [0.717, 1.165) is 28.4 Å². The van der Waals surface area contributed by atoms with Crippen molar-refractivity contribution in [1.29, 1.82) is 0 Å². The van der Waals surface area contributed by atoms with E-state index < -0.39 is 0 Å². The van der Waals surface area contributed by atoms with Crippen LogP contribution < -0.4 is 14.2 Å².